The molecule has 2 heterocycles. The van der Waals surface area contributed by atoms with E-state index in [2.05, 4.69) is 4.90 Å². The third-order valence-electron chi connectivity index (χ3n) is 6.43. The number of hydrogen-bond acceptors (Lipinski definition) is 7. The predicted octanol–water partition coefficient (Wildman–Crippen LogP) is 4.57. The summed E-state index contributed by atoms with van der Waals surface area (Å²) < 4.78 is 16.6. The number of esters is 1. The van der Waals surface area contributed by atoms with E-state index in [0.29, 0.717) is 31.8 Å². The zero-order valence-corrected chi connectivity index (χ0v) is 21.8. The van der Waals surface area contributed by atoms with Crippen molar-refractivity contribution in [2.75, 3.05) is 46.9 Å². The summed E-state index contributed by atoms with van der Waals surface area (Å²) in [5, 5.41) is 1.97. The van der Waals surface area contributed by atoms with Gasteiger partial charge in [0.15, 0.2) is 0 Å². The number of hydrogen-bond donors (Lipinski definition) is 0. The van der Waals surface area contributed by atoms with Crippen LogP contribution in [0, 0.1) is 6.92 Å². The summed E-state index contributed by atoms with van der Waals surface area (Å²) >= 11 is 1.51. The lowest BCUT2D eigenvalue weighted by molar-refractivity contribution is 0.00336. The fraction of sp³-hybridized carbons (Fsp3) is 0.357. The van der Waals surface area contributed by atoms with Gasteiger partial charge >= 0.3 is 5.97 Å². The Morgan fingerprint density at radius 1 is 1.00 bits per heavy atom. The molecule has 36 heavy (non-hydrogen) atoms. The summed E-state index contributed by atoms with van der Waals surface area (Å²) in [5.41, 5.74) is 3.56. The van der Waals surface area contributed by atoms with Crippen LogP contribution in [0.5, 0.6) is 5.75 Å². The van der Waals surface area contributed by atoms with Gasteiger partial charge in [-0.15, -0.1) is 11.3 Å². The number of amides is 1. The molecule has 0 unspecified atom stereocenters. The highest BCUT2D eigenvalue weighted by atomic mass is 32.1. The number of nitrogens with zero attached hydrogens (tertiary/aromatic N) is 2. The van der Waals surface area contributed by atoms with Crippen LogP contribution in [0.15, 0.2) is 60.0 Å². The smallest absolute Gasteiger partial charge is 0.337 e. The molecule has 0 radical (unpaired) electrons. The quantitative estimate of drug-likeness (QED) is 0.395. The Bertz CT molecular complexity index is 1170. The minimum absolute atomic E-state index is 0.123. The maximum Gasteiger partial charge on any atom is 0.337 e. The molecule has 0 spiro atoms. The second kappa shape index (κ2) is 12.2. The first-order chi connectivity index (χ1) is 17.5. The van der Waals surface area contributed by atoms with Gasteiger partial charge in [0.2, 0.25) is 0 Å². The van der Waals surface area contributed by atoms with Crippen molar-refractivity contribution in [3.8, 4) is 5.75 Å². The van der Waals surface area contributed by atoms with Gasteiger partial charge in [0.1, 0.15) is 5.75 Å². The number of carbonyl (C=O) groups excluding carboxylic acids is 2. The molecule has 8 heteroatoms. The van der Waals surface area contributed by atoms with Crippen molar-refractivity contribution < 1.29 is 23.8 Å². The monoisotopic (exact) mass is 508 g/mol. The van der Waals surface area contributed by atoms with E-state index in [0.717, 1.165) is 40.4 Å². The van der Waals surface area contributed by atoms with Gasteiger partial charge < -0.3 is 19.1 Å². The first kappa shape index (κ1) is 25.9. The van der Waals surface area contributed by atoms with Crippen LogP contribution in [0.25, 0.3) is 0 Å². The number of carbonyl (C=O) groups is 2. The number of ether oxygens (including phenoxy) is 3. The molecule has 0 N–H and O–H groups in total. The largest absolute Gasteiger partial charge is 0.497 e. The summed E-state index contributed by atoms with van der Waals surface area (Å²) in [5.74, 6) is 0.548. The Hall–Kier alpha value is -3.20. The molecule has 2 aromatic carbocycles. The minimum atomic E-state index is -0.358. The summed E-state index contributed by atoms with van der Waals surface area (Å²) in [7, 11) is 3.03. The highest BCUT2D eigenvalue weighted by Gasteiger charge is 2.26. The molecule has 4 rings (SSSR count). The average molecular weight is 509 g/mol. The molecule has 1 fully saturated rings. The molecule has 1 aliphatic heterocycles. The van der Waals surface area contributed by atoms with Gasteiger partial charge in [-0.1, -0.05) is 24.3 Å². The fourth-order valence-electron chi connectivity index (χ4n) is 4.25. The summed E-state index contributed by atoms with van der Waals surface area (Å²) in [6, 6.07) is 17.2. The molecule has 7 nitrogen and oxygen atoms in total. The standard InChI is InChI=1S/C28H32N2O5S/c1-20-11-16-36-26(20)27(31)30-14-12-29(13-15-30)18-25(23-5-4-6-24(17-23)33-2)35-19-21-7-9-22(10-8-21)28(32)34-3/h4-11,16-17,25H,12-15,18-19H2,1-3H3/t25-/m1/s1. The Morgan fingerprint density at radius 2 is 1.75 bits per heavy atom. The molecule has 1 amide bonds. The van der Waals surface area contributed by atoms with Crippen LogP contribution in [-0.4, -0.2) is 68.6 Å². The number of piperazine rings is 1. The van der Waals surface area contributed by atoms with E-state index in [-0.39, 0.29) is 18.0 Å². The molecule has 1 aliphatic rings. The number of methoxy groups -OCH3 is 2. The van der Waals surface area contributed by atoms with E-state index in [1.54, 1.807) is 19.2 Å². The zero-order chi connectivity index (χ0) is 25.5. The highest BCUT2D eigenvalue weighted by molar-refractivity contribution is 7.12. The molecule has 190 valence electrons. The molecule has 1 saturated heterocycles. The number of aryl methyl sites for hydroxylation is 1. The van der Waals surface area contributed by atoms with Gasteiger partial charge in [-0.2, -0.15) is 0 Å². The number of rotatable bonds is 9. The van der Waals surface area contributed by atoms with Crippen molar-refractivity contribution in [1.82, 2.24) is 9.80 Å². The third kappa shape index (κ3) is 6.32. The van der Waals surface area contributed by atoms with E-state index in [4.69, 9.17) is 14.2 Å². The zero-order valence-electron chi connectivity index (χ0n) is 20.9. The predicted molar refractivity (Wildman–Crippen MR) is 140 cm³/mol. The second-order valence-electron chi connectivity index (χ2n) is 8.79. The van der Waals surface area contributed by atoms with Crippen molar-refractivity contribution in [2.45, 2.75) is 19.6 Å². The molecule has 1 aromatic heterocycles. The number of thiophene rings is 1. The lowest BCUT2D eigenvalue weighted by atomic mass is 10.1. The normalized spacial score (nSPS) is 14.9. The van der Waals surface area contributed by atoms with Gasteiger partial charge in [0.25, 0.3) is 5.91 Å². The maximum atomic E-state index is 12.9. The fourth-order valence-corrected chi connectivity index (χ4v) is 5.14. The van der Waals surface area contributed by atoms with Crippen molar-refractivity contribution in [1.29, 1.82) is 0 Å². The van der Waals surface area contributed by atoms with Gasteiger partial charge in [-0.05, 0) is 59.3 Å². The Morgan fingerprint density at radius 3 is 2.39 bits per heavy atom. The SMILES string of the molecule is COC(=O)c1ccc(CO[C@H](CN2CCN(C(=O)c3sccc3C)CC2)c2cccc(OC)c2)cc1. The lowest BCUT2D eigenvalue weighted by Gasteiger charge is -2.36. The average Bonchev–Trinajstić information content (AvgIpc) is 3.36. The topological polar surface area (TPSA) is 68.3 Å². The third-order valence-corrected chi connectivity index (χ3v) is 7.44. The molecule has 0 saturated carbocycles. The molecule has 0 bridgehead atoms. The summed E-state index contributed by atoms with van der Waals surface area (Å²) in [4.78, 5) is 29.7. The van der Waals surface area contributed by atoms with Crippen LogP contribution in [0.3, 0.4) is 0 Å². The van der Waals surface area contributed by atoms with Crippen molar-refractivity contribution >= 4 is 23.2 Å². The summed E-state index contributed by atoms with van der Waals surface area (Å²) in [6.07, 6.45) is -0.179. The minimum Gasteiger partial charge on any atom is -0.497 e. The first-order valence-corrected chi connectivity index (χ1v) is 12.8. The highest BCUT2D eigenvalue weighted by Crippen LogP contribution is 2.26. The van der Waals surface area contributed by atoms with E-state index >= 15 is 0 Å². The van der Waals surface area contributed by atoms with E-state index < -0.39 is 0 Å². The van der Waals surface area contributed by atoms with Crippen molar-refractivity contribution in [3.63, 3.8) is 0 Å². The van der Waals surface area contributed by atoms with Gasteiger partial charge in [-0.25, -0.2) is 4.79 Å². The first-order valence-electron chi connectivity index (χ1n) is 12.0. The van der Waals surface area contributed by atoms with Crippen LogP contribution in [0.4, 0.5) is 0 Å². The second-order valence-corrected chi connectivity index (χ2v) is 9.71. The van der Waals surface area contributed by atoms with Crippen molar-refractivity contribution in [3.05, 3.63) is 87.1 Å². The molecular weight excluding hydrogens is 476 g/mol. The van der Waals surface area contributed by atoms with E-state index in [1.807, 2.05) is 59.7 Å². The van der Waals surface area contributed by atoms with Gasteiger partial charge in [-0.3, -0.25) is 9.69 Å². The van der Waals surface area contributed by atoms with E-state index in [9.17, 15) is 9.59 Å². The molecule has 0 aliphatic carbocycles. The van der Waals surface area contributed by atoms with Gasteiger partial charge in [0, 0.05) is 32.7 Å². The molecule has 3 aromatic rings. The van der Waals surface area contributed by atoms with Crippen molar-refractivity contribution in [2.24, 2.45) is 0 Å². The Kier molecular flexibility index (Phi) is 8.74. The molecular formula is C28H32N2O5S. The lowest BCUT2D eigenvalue weighted by Crippen LogP contribution is -2.49. The Labute approximate surface area is 216 Å². The van der Waals surface area contributed by atoms with Crippen LogP contribution in [-0.2, 0) is 16.1 Å². The van der Waals surface area contributed by atoms with Crippen LogP contribution < -0.4 is 4.74 Å². The summed E-state index contributed by atoms with van der Waals surface area (Å²) in [6.45, 7) is 6.04. The van der Waals surface area contributed by atoms with Crippen LogP contribution in [0.1, 0.15) is 42.8 Å². The van der Waals surface area contributed by atoms with Crippen LogP contribution in [0.2, 0.25) is 0 Å². The number of benzene rings is 2. The Balaban J connectivity index is 1.41. The van der Waals surface area contributed by atoms with E-state index in [1.165, 1.54) is 18.4 Å². The molecule has 1 atom stereocenters. The van der Waals surface area contributed by atoms with Crippen LogP contribution >= 0.6 is 11.3 Å². The maximum absolute atomic E-state index is 12.9. The van der Waals surface area contributed by atoms with Gasteiger partial charge in [0.05, 0.1) is 37.4 Å².